The Morgan fingerprint density at radius 3 is 2.61 bits per heavy atom. The molecule has 0 radical (unpaired) electrons. The largest absolute Gasteiger partial charge is 0.573 e. The SMILES string of the molecule is CCc1nc2cc(Cl)ccn2c1C(=O)NCc1ccc2nc(-c3ccc(OC(F)(F)F)cc3)oc2c1. The zero-order chi connectivity index (χ0) is 25.4. The van der Waals surface area contributed by atoms with E-state index in [1.54, 1.807) is 34.9 Å². The molecule has 0 aliphatic carbocycles. The van der Waals surface area contributed by atoms with E-state index in [0.717, 1.165) is 5.56 Å². The second-order valence-electron chi connectivity index (χ2n) is 7.91. The first-order valence-corrected chi connectivity index (χ1v) is 11.3. The summed E-state index contributed by atoms with van der Waals surface area (Å²) in [6, 6.07) is 13.9. The quantitative estimate of drug-likeness (QED) is 0.292. The molecule has 184 valence electrons. The minimum atomic E-state index is -4.76. The van der Waals surface area contributed by atoms with Gasteiger partial charge in [0.05, 0.1) is 5.69 Å². The van der Waals surface area contributed by atoms with E-state index >= 15 is 0 Å². The molecule has 0 saturated carbocycles. The van der Waals surface area contributed by atoms with Gasteiger partial charge in [-0.1, -0.05) is 24.6 Å². The van der Waals surface area contributed by atoms with Crippen molar-refractivity contribution in [2.75, 3.05) is 0 Å². The number of carbonyl (C=O) groups is 1. The van der Waals surface area contributed by atoms with Crippen LogP contribution in [0.1, 0.15) is 28.7 Å². The molecule has 7 nitrogen and oxygen atoms in total. The number of halogens is 4. The normalized spacial score (nSPS) is 11.8. The lowest BCUT2D eigenvalue weighted by Gasteiger charge is -2.08. The van der Waals surface area contributed by atoms with Crippen LogP contribution in [0.25, 0.3) is 28.2 Å². The van der Waals surface area contributed by atoms with E-state index in [4.69, 9.17) is 16.0 Å². The number of fused-ring (bicyclic) bond motifs is 2. The van der Waals surface area contributed by atoms with Crippen molar-refractivity contribution >= 4 is 34.3 Å². The maximum absolute atomic E-state index is 13.0. The van der Waals surface area contributed by atoms with Gasteiger partial charge in [0, 0.05) is 29.4 Å². The molecular weight excluding hydrogens is 497 g/mol. The number of aryl methyl sites for hydroxylation is 1. The van der Waals surface area contributed by atoms with E-state index < -0.39 is 6.36 Å². The maximum Gasteiger partial charge on any atom is 0.573 e. The van der Waals surface area contributed by atoms with E-state index in [1.807, 2.05) is 13.0 Å². The lowest BCUT2D eigenvalue weighted by Crippen LogP contribution is -2.25. The highest BCUT2D eigenvalue weighted by Crippen LogP contribution is 2.28. The van der Waals surface area contributed by atoms with Crippen LogP contribution in [-0.2, 0) is 13.0 Å². The predicted octanol–water partition coefficient (Wildman–Crippen LogP) is 6.19. The number of hydrogen-bond donors (Lipinski definition) is 1. The van der Waals surface area contributed by atoms with Crippen LogP contribution in [0.5, 0.6) is 5.75 Å². The molecule has 11 heteroatoms. The number of pyridine rings is 1. The molecule has 0 fully saturated rings. The fourth-order valence-electron chi connectivity index (χ4n) is 3.82. The molecule has 2 aromatic carbocycles. The van der Waals surface area contributed by atoms with E-state index in [2.05, 4.69) is 20.0 Å². The monoisotopic (exact) mass is 514 g/mol. The highest BCUT2D eigenvalue weighted by atomic mass is 35.5. The summed E-state index contributed by atoms with van der Waals surface area (Å²) >= 11 is 6.05. The standard InChI is InChI=1S/C25H18ClF3N4O3/c1-2-18-22(33-10-9-16(26)12-21(33)31-18)23(34)30-13-14-3-8-19-20(11-14)35-24(32-19)15-4-6-17(7-5-15)36-25(27,28)29/h3-12H,2,13H2,1H3,(H,30,34). The molecule has 3 aromatic heterocycles. The van der Waals surface area contributed by atoms with E-state index in [0.29, 0.717) is 45.1 Å². The number of ether oxygens (including phenoxy) is 1. The Kier molecular flexibility index (Phi) is 6.05. The first-order valence-electron chi connectivity index (χ1n) is 10.9. The van der Waals surface area contributed by atoms with Gasteiger partial charge >= 0.3 is 6.36 Å². The van der Waals surface area contributed by atoms with Crippen molar-refractivity contribution in [3.63, 3.8) is 0 Å². The number of aromatic nitrogens is 3. The molecule has 3 heterocycles. The zero-order valence-electron chi connectivity index (χ0n) is 18.8. The van der Waals surface area contributed by atoms with Crippen molar-refractivity contribution in [3.05, 3.63) is 82.8 Å². The average molecular weight is 515 g/mol. The maximum atomic E-state index is 13.0. The summed E-state index contributed by atoms with van der Waals surface area (Å²) in [6.07, 6.45) is -2.47. The summed E-state index contributed by atoms with van der Waals surface area (Å²) < 4.78 is 48.5. The van der Waals surface area contributed by atoms with Gasteiger partial charge in [-0.05, 0) is 54.4 Å². The van der Waals surface area contributed by atoms with Crippen molar-refractivity contribution in [2.24, 2.45) is 0 Å². The second kappa shape index (κ2) is 9.19. The van der Waals surface area contributed by atoms with E-state index in [-0.39, 0.29) is 24.1 Å². The number of rotatable bonds is 6. The minimum absolute atomic E-state index is 0.234. The number of nitrogens with zero attached hydrogens (tertiary/aromatic N) is 3. The molecular formula is C25H18ClF3N4O3. The van der Waals surface area contributed by atoms with Crippen molar-refractivity contribution in [1.82, 2.24) is 19.7 Å². The van der Waals surface area contributed by atoms with Gasteiger partial charge in [-0.15, -0.1) is 13.2 Å². The van der Waals surface area contributed by atoms with E-state index in [1.165, 1.54) is 24.3 Å². The van der Waals surface area contributed by atoms with Gasteiger partial charge in [0.15, 0.2) is 5.58 Å². The predicted molar refractivity (Wildman–Crippen MR) is 127 cm³/mol. The number of oxazole rings is 1. The highest BCUT2D eigenvalue weighted by molar-refractivity contribution is 6.30. The third-order valence-electron chi connectivity index (χ3n) is 5.45. The van der Waals surface area contributed by atoms with Gasteiger partial charge in [0.25, 0.3) is 5.91 Å². The number of imidazole rings is 1. The third kappa shape index (κ3) is 4.85. The van der Waals surface area contributed by atoms with Gasteiger partial charge < -0.3 is 14.5 Å². The highest BCUT2D eigenvalue weighted by Gasteiger charge is 2.31. The van der Waals surface area contributed by atoms with Crippen LogP contribution in [0.15, 0.2) is 65.2 Å². The lowest BCUT2D eigenvalue weighted by molar-refractivity contribution is -0.274. The third-order valence-corrected chi connectivity index (χ3v) is 5.69. The van der Waals surface area contributed by atoms with Crippen LogP contribution >= 0.6 is 11.6 Å². The molecule has 0 bridgehead atoms. The Labute approximate surface area is 207 Å². The van der Waals surface area contributed by atoms with Crippen LogP contribution in [0.2, 0.25) is 5.02 Å². The van der Waals surface area contributed by atoms with Gasteiger partial charge in [-0.3, -0.25) is 9.20 Å². The van der Waals surface area contributed by atoms with Gasteiger partial charge in [0.2, 0.25) is 5.89 Å². The van der Waals surface area contributed by atoms with Crippen LogP contribution in [0.4, 0.5) is 13.2 Å². The van der Waals surface area contributed by atoms with Crippen molar-refractivity contribution in [2.45, 2.75) is 26.3 Å². The van der Waals surface area contributed by atoms with Crippen molar-refractivity contribution < 1.29 is 27.1 Å². The topological polar surface area (TPSA) is 81.7 Å². The fraction of sp³-hybridized carbons (Fsp3) is 0.160. The lowest BCUT2D eigenvalue weighted by atomic mass is 10.2. The molecule has 0 aliphatic heterocycles. The molecule has 1 amide bonds. The molecule has 1 N–H and O–H groups in total. The Morgan fingerprint density at radius 2 is 1.89 bits per heavy atom. The second-order valence-corrected chi connectivity index (χ2v) is 8.35. The zero-order valence-corrected chi connectivity index (χ0v) is 19.5. The molecule has 0 aliphatic rings. The smallest absolute Gasteiger partial charge is 0.436 e. The number of alkyl halides is 3. The molecule has 0 atom stereocenters. The summed E-state index contributed by atoms with van der Waals surface area (Å²) in [5, 5.41) is 3.44. The van der Waals surface area contributed by atoms with Crippen LogP contribution in [0.3, 0.4) is 0 Å². The number of hydrogen-bond acceptors (Lipinski definition) is 5. The molecule has 0 spiro atoms. The van der Waals surface area contributed by atoms with Gasteiger partial charge in [-0.25, -0.2) is 9.97 Å². The fourth-order valence-corrected chi connectivity index (χ4v) is 3.98. The molecule has 5 aromatic rings. The van der Waals surface area contributed by atoms with Crippen LogP contribution in [0, 0.1) is 0 Å². The number of amides is 1. The average Bonchev–Trinajstić information content (AvgIpc) is 3.42. The van der Waals surface area contributed by atoms with Gasteiger partial charge in [-0.2, -0.15) is 0 Å². The van der Waals surface area contributed by atoms with Gasteiger partial charge in [0.1, 0.15) is 22.6 Å². The van der Waals surface area contributed by atoms with Crippen molar-refractivity contribution in [1.29, 1.82) is 0 Å². The molecule has 5 rings (SSSR count). The number of nitrogens with one attached hydrogen (secondary N) is 1. The Morgan fingerprint density at radius 1 is 1.11 bits per heavy atom. The Balaban J connectivity index is 1.33. The summed E-state index contributed by atoms with van der Waals surface area (Å²) in [6.45, 7) is 2.16. The van der Waals surface area contributed by atoms with Crippen LogP contribution in [-0.4, -0.2) is 26.6 Å². The summed E-state index contributed by atoms with van der Waals surface area (Å²) in [5.74, 6) is -0.358. The van der Waals surface area contributed by atoms with Crippen LogP contribution < -0.4 is 10.1 Å². The molecule has 0 unspecified atom stereocenters. The summed E-state index contributed by atoms with van der Waals surface area (Å²) in [7, 11) is 0. The minimum Gasteiger partial charge on any atom is -0.436 e. The number of benzene rings is 2. The Bertz CT molecular complexity index is 1580. The summed E-state index contributed by atoms with van der Waals surface area (Å²) in [5.41, 5.74) is 4.03. The summed E-state index contributed by atoms with van der Waals surface area (Å²) in [4.78, 5) is 21.9. The Hall–Kier alpha value is -4.05. The first kappa shape index (κ1) is 23.7. The first-order chi connectivity index (χ1) is 17.2. The van der Waals surface area contributed by atoms with Crippen molar-refractivity contribution in [3.8, 4) is 17.2 Å². The molecule has 36 heavy (non-hydrogen) atoms. The molecule has 0 saturated heterocycles. The number of carbonyl (C=O) groups excluding carboxylic acids is 1. The van der Waals surface area contributed by atoms with E-state index in [9.17, 15) is 18.0 Å².